The Hall–Kier alpha value is -2.31. The molecule has 0 fully saturated rings. The summed E-state index contributed by atoms with van der Waals surface area (Å²) in [4.78, 5) is 12.5. The molecule has 0 radical (unpaired) electrons. The molecule has 92 valence electrons. The summed E-state index contributed by atoms with van der Waals surface area (Å²) in [5, 5.41) is 13.6. The van der Waals surface area contributed by atoms with E-state index in [9.17, 15) is 0 Å². The first kappa shape index (κ1) is 12.8. The standard InChI is InChI=1S/C10H13N3.HNO3/c11-10(12)13-9-5-7-3-1-2-4-8(7)6-9;2-1(3)4/h1-4,9H,5-6H2,(H4,11,12,13);(H,2,3,4). The number of hydrogen-bond acceptors (Lipinski definition) is 3. The van der Waals surface area contributed by atoms with E-state index in [0.29, 0.717) is 0 Å². The number of nitrogens with zero attached hydrogens (tertiary/aromatic N) is 2. The van der Waals surface area contributed by atoms with Gasteiger partial charge in [-0.3, -0.25) is 0 Å². The molecule has 7 nitrogen and oxygen atoms in total. The summed E-state index contributed by atoms with van der Waals surface area (Å²) in [6.07, 6.45) is 1.93. The van der Waals surface area contributed by atoms with Crippen LogP contribution in [-0.4, -0.2) is 22.3 Å². The Morgan fingerprint density at radius 3 is 2.12 bits per heavy atom. The van der Waals surface area contributed by atoms with Crippen LogP contribution in [0.1, 0.15) is 11.1 Å². The molecule has 7 heteroatoms. The SMILES string of the molecule is NC(N)=NC1Cc2ccccc2C1.O=[N+]([O-])O. The molecule has 0 heterocycles. The number of fused-ring (bicyclic) bond motifs is 1. The molecule has 0 unspecified atom stereocenters. The van der Waals surface area contributed by atoms with Crippen molar-refractivity contribution in [2.45, 2.75) is 18.9 Å². The monoisotopic (exact) mass is 238 g/mol. The fraction of sp³-hybridized carbons (Fsp3) is 0.300. The van der Waals surface area contributed by atoms with E-state index in [-0.39, 0.29) is 12.0 Å². The van der Waals surface area contributed by atoms with Gasteiger partial charge in [-0.1, -0.05) is 24.3 Å². The van der Waals surface area contributed by atoms with Crippen LogP contribution in [0.5, 0.6) is 0 Å². The molecule has 0 saturated carbocycles. The third-order valence-electron chi connectivity index (χ3n) is 2.36. The van der Waals surface area contributed by atoms with Crippen molar-refractivity contribution < 1.29 is 10.3 Å². The second-order valence-electron chi connectivity index (χ2n) is 3.62. The van der Waals surface area contributed by atoms with Gasteiger partial charge in [0.1, 0.15) is 0 Å². The molecule has 1 aliphatic carbocycles. The molecule has 0 bridgehead atoms. The molecular weight excluding hydrogens is 224 g/mol. The zero-order valence-corrected chi connectivity index (χ0v) is 9.11. The van der Waals surface area contributed by atoms with Gasteiger partial charge >= 0.3 is 0 Å². The number of guanidine groups is 1. The highest BCUT2D eigenvalue weighted by Gasteiger charge is 2.19. The minimum Gasteiger partial charge on any atom is -0.370 e. The van der Waals surface area contributed by atoms with Crippen molar-refractivity contribution in [1.82, 2.24) is 0 Å². The second kappa shape index (κ2) is 5.69. The van der Waals surface area contributed by atoms with Crippen LogP contribution in [0.25, 0.3) is 0 Å². The lowest BCUT2D eigenvalue weighted by molar-refractivity contribution is -0.742. The third kappa shape index (κ3) is 4.37. The van der Waals surface area contributed by atoms with Gasteiger partial charge in [0, 0.05) is 0 Å². The molecule has 0 aromatic heterocycles. The minimum atomic E-state index is -1.50. The molecule has 1 aromatic carbocycles. The number of aliphatic imine (C=N–C) groups is 1. The molecule has 0 amide bonds. The van der Waals surface area contributed by atoms with Gasteiger partial charge in [-0.15, -0.1) is 10.1 Å². The first-order chi connectivity index (χ1) is 7.99. The summed E-state index contributed by atoms with van der Waals surface area (Å²) >= 11 is 0. The Labute approximate surface area is 97.9 Å². The predicted octanol–water partition coefficient (Wildman–Crippen LogP) is 0.0795. The van der Waals surface area contributed by atoms with Gasteiger partial charge in [-0.2, -0.15) is 0 Å². The highest BCUT2D eigenvalue weighted by atomic mass is 16.9. The predicted molar refractivity (Wildman–Crippen MR) is 62.2 cm³/mol. The molecule has 1 aromatic rings. The lowest BCUT2D eigenvalue weighted by Crippen LogP contribution is -2.25. The van der Waals surface area contributed by atoms with Gasteiger partial charge in [0.2, 0.25) is 0 Å². The zero-order valence-electron chi connectivity index (χ0n) is 9.11. The lowest BCUT2D eigenvalue weighted by Gasteiger charge is -2.01. The van der Waals surface area contributed by atoms with E-state index >= 15 is 0 Å². The van der Waals surface area contributed by atoms with Gasteiger partial charge < -0.3 is 16.7 Å². The highest BCUT2D eigenvalue weighted by molar-refractivity contribution is 5.76. The van der Waals surface area contributed by atoms with Crippen molar-refractivity contribution in [1.29, 1.82) is 0 Å². The van der Waals surface area contributed by atoms with Gasteiger partial charge in [-0.25, -0.2) is 4.99 Å². The maximum Gasteiger partial charge on any atom is 0.291 e. The van der Waals surface area contributed by atoms with Crippen molar-refractivity contribution in [2.75, 3.05) is 0 Å². The Morgan fingerprint density at radius 2 is 1.76 bits per heavy atom. The Bertz CT molecular complexity index is 400. The van der Waals surface area contributed by atoms with Gasteiger partial charge in [0.25, 0.3) is 5.09 Å². The normalized spacial score (nSPS) is 13.2. The number of hydrogen-bond donors (Lipinski definition) is 3. The van der Waals surface area contributed by atoms with Gasteiger partial charge in [0.05, 0.1) is 6.04 Å². The van der Waals surface area contributed by atoms with E-state index in [1.165, 1.54) is 11.1 Å². The molecule has 1 aliphatic rings. The second-order valence-corrected chi connectivity index (χ2v) is 3.62. The minimum absolute atomic E-state index is 0.192. The summed E-state index contributed by atoms with van der Waals surface area (Å²) in [5.41, 5.74) is 13.4. The molecule has 0 atom stereocenters. The van der Waals surface area contributed by atoms with Gasteiger partial charge in [-0.05, 0) is 24.0 Å². The highest BCUT2D eigenvalue weighted by Crippen LogP contribution is 2.23. The van der Waals surface area contributed by atoms with Crippen molar-refractivity contribution in [2.24, 2.45) is 16.5 Å². The van der Waals surface area contributed by atoms with Crippen LogP contribution in [-0.2, 0) is 12.8 Å². The fourth-order valence-corrected chi connectivity index (χ4v) is 1.84. The van der Waals surface area contributed by atoms with E-state index in [1.54, 1.807) is 0 Å². The van der Waals surface area contributed by atoms with E-state index in [2.05, 4.69) is 29.3 Å². The van der Waals surface area contributed by atoms with Crippen LogP contribution < -0.4 is 11.5 Å². The maximum absolute atomic E-state index is 8.36. The molecule has 0 saturated heterocycles. The van der Waals surface area contributed by atoms with Crippen LogP contribution in [0.2, 0.25) is 0 Å². The van der Waals surface area contributed by atoms with Crippen molar-refractivity contribution in [3.63, 3.8) is 0 Å². The Morgan fingerprint density at radius 1 is 1.35 bits per heavy atom. The maximum atomic E-state index is 8.36. The Kier molecular flexibility index (Phi) is 4.27. The van der Waals surface area contributed by atoms with Crippen molar-refractivity contribution in [3.8, 4) is 0 Å². The summed E-state index contributed by atoms with van der Waals surface area (Å²) in [5.74, 6) is 0.192. The smallest absolute Gasteiger partial charge is 0.291 e. The number of benzene rings is 1. The summed E-state index contributed by atoms with van der Waals surface area (Å²) in [6.45, 7) is 0. The fourth-order valence-electron chi connectivity index (χ4n) is 1.84. The largest absolute Gasteiger partial charge is 0.370 e. The quantitative estimate of drug-likeness (QED) is 0.276. The van der Waals surface area contributed by atoms with Crippen LogP contribution in [0.3, 0.4) is 0 Å². The van der Waals surface area contributed by atoms with E-state index in [0.717, 1.165) is 12.8 Å². The topological polar surface area (TPSA) is 128 Å². The van der Waals surface area contributed by atoms with Gasteiger partial charge in [0.15, 0.2) is 5.96 Å². The first-order valence-electron chi connectivity index (χ1n) is 4.98. The number of nitrogens with two attached hydrogens (primary N) is 2. The lowest BCUT2D eigenvalue weighted by atomic mass is 10.1. The summed E-state index contributed by atoms with van der Waals surface area (Å²) < 4.78 is 0. The molecule has 5 N–H and O–H groups in total. The summed E-state index contributed by atoms with van der Waals surface area (Å²) in [6, 6.07) is 8.63. The van der Waals surface area contributed by atoms with Crippen molar-refractivity contribution >= 4 is 5.96 Å². The van der Waals surface area contributed by atoms with Crippen LogP contribution in [0.15, 0.2) is 29.3 Å². The summed E-state index contributed by atoms with van der Waals surface area (Å²) in [7, 11) is 0. The molecule has 17 heavy (non-hydrogen) atoms. The van der Waals surface area contributed by atoms with Crippen LogP contribution in [0.4, 0.5) is 0 Å². The average Bonchev–Trinajstić information content (AvgIpc) is 2.57. The number of rotatable bonds is 1. The van der Waals surface area contributed by atoms with E-state index in [4.69, 9.17) is 26.8 Å². The van der Waals surface area contributed by atoms with Crippen LogP contribution in [0, 0.1) is 10.1 Å². The van der Waals surface area contributed by atoms with E-state index in [1.807, 2.05) is 0 Å². The third-order valence-corrected chi connectivity index (χ3v) is 2.36. The van der Waals surface area contributed by atoms with Crippen molar-refractivity contribution in [3.05, 3.63) is 45.5 Å². The van der Waals surface area contributed by atoms with Crippen LogP contribution >= 0.6 is 0 Å². The molecule has 0 spiro atoms. The zero-order chi connectivity index (χ0) is 12.8. The van der Waals surface area contributed by atoms with E-state index < -0.39 is 5.09 Å². The molecule has 2 rings (SSSR count). The average molecular weight is 238 g/mol. The first-order valence-corrected chi connectivity index (χ1v) is 4.98. The Balaban J connectivity index is 0.000000317. The molecular formula is C10H14N4O3. The molecule has 0 aliphatic heterocycles.